The van der Waals surface area contributed by atoms with Crippen LogP contribution >= 0.6 is 0 Å². The number of nitrogens with zero attached hydrogens (tertiary/aromatic N) is 2. The lowest BCUT2D eigenvalue weighted by Crippen LogP contribution is -2.45. The van der Waals surface area contributed by atoms with Gasteiger partial charge in [0, 0.05) is 18.1 Å². The third-order valence-corrected chi connectivity index (χ3v) is 4.55. The lowest BCUT2D eigenvalue weighted by atomic mass is 10.0. The van der Waals surface area contributed by atoms with Crippen molar-refractivity contribution >= 4 is 0 Å². The lowest BCUT2D eigenvalue weighted by molar-refractivity contribution is 0.137. The van der Waals surface area contributed by atoms with Crippen LogP contribution in [0.5, 0.6) is 0 Å². The van der Waals surface area contributed by atoms with Crippen molar-refractivity contribution in [3.8, 4) is 0 Å². The van der Waals surface area contributed by atoms with Crippen molar-refractivity contribution < 1.29 is 0 Å². The molecule has 0 aromatic rings. The van der Waals surface area contributed by atoms with E-state index in [1.807, 2.05) is 0 Å². The predicted octanol–water partition coefficient (Wildman–Crippen LogP) is 1.67. The maximum absolute atomic E-state index is 5.98. The van der Waals surface area contributed by atoms with Gasteiger partial charge < -0.3 is 15.5 Å². The minimum absolute atomic E-state index is 0.462. The van der Waals surface area contributed by atoms with Crippen LogP contribution in [-0.4, -0.2) is 54.1 Å². The fourth-order valence-electron chi connectivity index (χ4n) is 3.27. The highest BCUT2D eigenvalue weighted by molar-refractivity contribution is 4.83. The van der Waals surface area contributed by atoms with E-state index in [9.17, 15) is 0 Å². The minimum Gasteiger partial charge on any atom is -0.328 e. The highest BCUT2D eigenvalue weighted by Gasteiger charge is 2.26. The molecule has 0 spiro atoms. The average molecular weight is 239 g/mol. The van der Waals surface area contributed by atoms with Crippen LogP contribution in [0.3, 0.4) is 0 Å². The molecular formula is C14H29N3. The van der Waals surface area contributed by atoms with Crippen LogP contribution in [0.2, 0.25) is 0 Å². The van der Waals surface area contributed by atoms with Crippen molar-refractivity contribution in [2.75, 3.05) is 26.2 Å². The second kappa shape index (κ2) is 6.17. The van der Waals surface area contributed by atoms with Crippen molar-refractivity contribution in [1.82, 2.24) is 9.80 Å². The monoisotopic (exact) mass is 239 g/mol. The topological polar surface area (TPSA) is 32.5 Å². The second-order valence-corrected chi connectivity index (χ2v) is 6.09. The number of likely N-dealkylation sites (tertiary alicyclic amines) is 2. The Morgan fingerprint density at radius 3 is 2.29 bits per heavy atom. The number of hydrogen-bond acceptors (Lipinski definition) is 3. The zero-order valence-electron chi connectivity index (χ0n) is 11.6. The fraction of sp³-hybridized carbons (Fsp3) is 1.00. The molecule has 2 saturated heterocycles. The van der Waals surface area contributed by atoms with Crippen LogP contribution in [0.15, 0.2) is 0 Å². The van der Waals surface area contributed by atoms with Gasteiger partial charge in [-0.15, -0.1) is 0 Å². The van der Waals surface area contributed by atoms with E-state index in [2.05, 4.69) is 23.6 Å². The molecule has 1 unspecified atom stereocenters. The molecule has 100 valence electrons. The summed E-state index contributed by atoms with van der Waals surface area (Å²) < 4.78 is 0. The van der Waals surface area contributed by atoms with Crippen molar-refractivity contribution in [1.29, 1.82) is 0 Å². The van der Waals surface area contributed by atoms with E-state index in [1.165, 1.54) is 58.3 Å². The first-order chi connectivity index (χ1) is 8.16. The maximum Gasteiger partial charge on any atom is 0.0108 e. The molecule has 2 heterocycles. The highest BCUT2D eigenvalue weighted by atomic mass is 15.2. The zero-order chi connectivity index (χ0) is 12.3. The van der Waals surface area contributed by atoms with Gasteiger partial charge in [0.2, 0.25) is 0 Å². The van der Waals surface area contributed by atoms with Crippen LogP contribution in [-0.2, 0) is 0 Å². The summed E-state index contributed by atoms with van der Waals surface area (Å²) in [6, 6.07) is 2.00. The molecule has 3 nitrogen and oxygen atoms in total. The Labute approximate surface area is 106 Å². The summed E-state index contributed by atoms with van der Waals surface area (Å²) in [4.78, 5) is 5.34. The van der Waals surface area contributed by atoms with Gasteiger partial charge in [0.25, 0.3) is 0 Å². The Balaban J connectivity index is 1.82. The van der Waals surface area contributed by atoms with E-state index in [-0.39, 0.29) is 0 Å². The molecule has 2 fully saturated rings. The van der Waals surface area contributed by atoms with Crippen molar-refractivity contribution in [3.05, 3.63) is 0 Å². The van der Waals surface area contributed by atoms with Crippen LogP contribution < -0.4 is 5.73 Å². The second-order valence-electron chi connectivity index (χ2n) is 6.09. The summed E-state index contributed by atoms with van der Waals surface area (Å²) in [6.07, 6.45) is 6.51. The molecule has 2 rings (SSSR count). The van der Waals surface area contributed by atoms with Crippen molar-refractivity contribution in [2.45, 2.75) is 64.1 Å². The SMILES string of the molecule is CC(C)N1CCCC(N2CCC(N)CC2)CC1. The van der Waals surface area contributed by atoms with E-state index >= 15 is 0 Å². The lowest BCUT2D eigenvalue weighted by Gasteiger charge is -2.36. The summed E-state index contributed by atoms with van der Waals surface area (Å²) in [5, 5.41) is 0. The Morgan fingerprint density at radius 1 is 0.941 bits per heavy atom. The van der Waals surface area contributed by atoms with Crippen molar-refractivity contribution in [3.63, 3.8) is 0 Å². The number of hydrogen-bond donors (Lipinski definition) is 1. The smallest absolute Gasteiger partial charge is 0.0108 e. The maximum atomic E-state index is 5.98. The Bertz CT molecular complexity index is 222. The molecule has 2 N–H and O–H groups in total. The molecule has 2 aliphatic heterocycles. The van der Waals surface area contributed by atoms with Gasteiger partial charge in [-0.2, -0.15) is 0 Å². The molecular weight excluding hydrogens is 210 g/mol. The van der Waals surface area contributed by atoms with Crippen LogP contribution in [0, 0.1) is 0 Å². The largest absolute Gasteiger partial charge is 0.328 e. The third-order valence-electron chi connectivity index (χ3n) is 4.55. The summed E-state index contributed by atoms with van der Waals surface area (Å²) in [6.45, 7) is 9.67. The van der Waals surface area contributed by atoms with E-state index < -0.39 is 0 Å². The molecule has 0 aliphatic carbocycles. The van der Waals surface area contributed by atoms with Crippen LogP contribution in [0.4, 0.5) is 0 Å². The van der Waals surface area contributed by atoms with Gasteiger partial charge in [-0.05, 0) is 72.1 Å². The number of rotatable bonds is 2. The van der Waals surface area contributed by atoms with Gasteiger partial charge in [0.1, 0.15) is 0 Å². The molecule has 0 radical (unpaired) electrons. The standard InChI is InChI=1S/C14H29N3/c1-12(2)16-8-3-4-14(7-11-16)17-9-5-13(15)6-10-17/h12-14H,3-11,15H2,1-2H3. The van der Waals surface area contributed by atoms with Gasteiger partial charge in [0.05, 0.1) is 0 Å². The Morgan fingerprint density at radius 2 is 1.65 bits per heavy atom. The first-order valence-corrected chi connectivity index (χ1v) is 7.40. The molecule has 0 aromatic heterocycles. The first-order valence-electron chi connectivity index (χ1n) is 7.40. The average Bonchev–Trinajstić information content (AvgIpc) is 2.55. The van der Waals surface area contributed by atoms with Gasteiger partial charge in [-0.3, -0.25) is 0 Å². The van der Waals surface area contributed by atoms with E-state index in [1.54, 1.807) is 0 Å². The molecule has 0 bridgehead atoms. The summed E-state index contributed by atoms with van der Waals surface area (Å²) in [5.74, 6) is 0. The molecule has 17 heavy (non-hydrogen) atoms. The molecule has 0 amide bonds. The summed E-state index contributed by atoms with van der Waals surface area (Å²) >= 11 is 0. The molecule has 0 aromatic carbocycles. The van der Waals surface area contributed by atoms with Gasteiger partial charge in [0.15, 0.2) is 0 Å². The molecule has 0 saturated carbocycles. The molecule has 2 aliphatic rings. The molecule has 3 heteroatoms. The highest BCUT2D eigenvalue weighted by Crippen LogP contribution is 2.21. The van der Waals surface area contributed by atoms with Crippen LogP contribution in [0.25, 0.3) is 0 Å². The normalized spacial score (nSPS) is 30.7. The van der Waals surface area contributed by atoms with E-state index in [0.717, 1.165) is 6.04 Å². The third kappa shape index (κ3) is 3.67. The summed E-state index contributed by atoms with van der Waals surface area (Å²) in [5.41, 5.74) is 5.98. The fourth-order valence-corrected chi connectivity index (χ4v) is 3.27. The zero-order valence-corrected chi connectivity index (χ0v) is 11.6. The Hall–Kier alpha value is -0.120. The van der Waals surface area contributed by atoms with E-state index in [0.29, 0.717) is 12.1 Å². The number of piperidine rings is 1. The quantitative estimate of drug-likeness (QED) is 0.795. The molecule has 1 atom stereocenters. The van der Waals surface area contributed by atoms with Gasteiger partial charge in [-0.25, -0.2) is 0 Å². The minimum atomic E-state index is 0.462. The van der Waals surface area contributed by atoms with E-state index in [4.69, 9.17) is 5.73 Å². The Kier molecular flexibility index (Phi) is 4.83. The van der Waals surface area contributed by atoms with Gasteiger partial charge in [-0.1, -0.05) is 0 Å². The first kappa shape index (κ1) is 13.3. The van der Waals surface area contributed by atoms with Gasteiger partial charge >= 0.3 is 0 Å². The predicted molar refractivity (Wildman–Crippen MR) is 73.1 cm³/mol. The number of nitrogens with two attached hydrogens (primary N) is 1. The van der Waals surface area contributed by atoms with Crippen LogP contribution in [0.1, 0.15) is 46.0 Å². The van der Waals surface area contributed by atoms with Crippen molar-refractivity contribution in [2.24, 2.45) is 5.73 Å². The summed E-state index contributed by atoms with van der Waals surface area (Å²) in [7, 11) is 0.